The number of aromatic amines is 1. The van der Waals surface area contributed by atoms with Gasteiger partial charge in [-0.3, -0.25) is 9.59 Å². The van der Waals surface area contributed by atoms with Crippen molar-refractivity contribution in [2.45, 2.75) is 0 Å². The molecule has 0 atom stereocenters. The number of amides is 1. The Morgan fingerprint density at radius 1 is 1.08 bits per heavy atom. The average molecular weight is 359 g/mol. The van der Waals surface area contributed by atoms with Gasteiger partial charge in [-0.2, -0.15) is 5.10 Å². The quantitative estimate of drug-likeness (QED) is 0.694. The normalized spacial score (nSPS) is 10.5. The molecule has 0 bridgehead atoms. The van der Waals surface area contributed by atoms with Crippen LogP contribution in [0.1, 0.15) is 10.5 Å². The topological polar surface area (TPSA) is 101 Å². The van der Waals surface area contributed by atoms with Crippen molar-refractivity contribution >= 4 is 28.3 Å². The molecule has 1 aromatic heterocycles. The van der Waals surface area contributed by atoms with Crippen LogP contribution in [0.25, 0.3) is 10.8 Å². The van der Waals surface area contributed by atoms with Crippen LogP contribution in [0, 0.1) is 11.6 Å². The zero-order chi connectivity index (χ0) is 18.7. The number of esters is 1. The van der Waals surface area contributed by atoms with Crippen LogP contribution in [0.3, 0.4) is 0 Å². The number of ether oxygens (including phenoxy) is 1. The van der Waals surface area contributed by atoms with Crippen molar-refractivity contribution < 1.29 is 23.1 Å². The lowest BCUT2D eigenvalue weighted by Gasteiger charge is -2.07. The van der Waals surface area contributed by atoms with Crippen molar-refractivity contribution in [1.82, 2.24) is 10.2 Å². The molecule has 7 nitrogen and oxygen atoms in total. The summed E-state index contributed by atoms with van der Waals surface area (Å²) in [5, 5.41) is 8.63. The maximum atomic E-state index is 13.1. The molecular formula is C17H11F2N3O4. The summed E-state index contributed by atoms with van der Waals surface area (Å²) in [6.07, 6.45) is 0. The van der Waals surface area contributed by atoms with Crippen molar-refractivity contribution in [2.24, 2.45) is 0 Å². The maximum Gasteiger partial charge on any atom is 0.359 e. The van der Waals surface area contributed by atoms with Crippen molar-refractivity contribution in [3.63, 3.8) is 0 Å². The van der Waals surface area contributed by atoms with Gasteiger partial charge in [-0.05, 0) is 18.2 Å². The Balaban J connectivity index is 1.69. The number of nitrogens with zero attached hydrogens (tertiary/aromatic N) is 1. The molecule has 26 heavy (non-hydrogen) atoms. The van der Waals surface area contributed by atoms with E-state index < -0.39 is 35.7 Å². The number of hydrogen-bond acceptors (Lipinski definition) is 5. The number of aromatic nitrogens is 2. The third-order valence-electron chi connectivity index (χ3n) is 3.43. The first-order valence-corrected chi connectivity index (χ1v) is 7.35. The molecule has 3 aromatic rings. The van der Waals surface area contributed by atoms with E-state index in [0.717, 1.165) is 18.2 Å². The van der Waals surface area contributed by atoms with E-state index in [1.807, 2.05) is 0 Å². The summed E-state index contributed by atoms with van der Waals surface area (Å²) in [5.74, 6) is -3.84. The molecule has 1 amide bonds. The summed E-state index contributed by atoms with van der Waals surface area (Å²) in [5.41, 5.74) is -0.605. The van der Waals surface area contributed by atoms with Crippen molar-refractivity contribution in [3.05, 3.63) is 70.1 Å². The molecule has 9 heteroatoms. The fourth-order valence-electron chi connectivity index (χ4n) is 2.24. The molecule has 0 saturated heterocycles. The summed E-state index contributed by atoms with van der Waals surface area (Å²) < 4.78 is 30.8. The Labute approximate surface area is 144 Å². The van der Waals surface area contributed by atoms with Crippen LogP contribution >= 0.6 is 0 Å². The van der Waals surface area contributed by atoms with Gasteiger partial charge >= 0.3 is 5.97 Å². The second-order valence-corrected chi connectivity index (χ2v) is 5.20. The van der Waals surface area contributed by atoms with E-state index in [1.165, 1.54) is 12.1 Å². The van der Waals surface area contributed by atoms with Crippen LogP contribution in [0.15, 0.2) is 47.3 Å². The van der Waals surface area contributed by atoms with E-state index in [9.17, 15) is 23.2 Å². The van der Waals surface area contributed by atoms with Gasteiger partial charge in [0, 0.05) is 17.1 Å². The lowest BCUT2D eigenvalue weighted by Crippen LogP contribution is -2.22. The molecule has 0 radical (unpaired) electrons. The van der Waals surface area contributed by atoms with E-state index in [2.05, 4.69) is 15.5 Å². The van der Waals surface area contributed by atoms with E-state index in [0.29, 0.717) is 0 Å². The molecular weight excluding hydrogens is 348 g/mol. The smallest absolute Gasteiger partial charge is 0.359 e. The first kappa shape index (κ1) is 17.2. The molecule has 0 saturated carbocycles. The number of carbonyl (C=O) groups is 2. The predicted molar refractivity (Wildman–Crippen MR) is 87.6 cm³/mol. The minimum Gasteiger partial charge on any atom is -0.451 e. The van der Waals surface area contributed by atoms with Gasteiger partial charge < -0.3 is 10.1 Å². The molecule has 132 valence electrons. The SMILES string of the molecule is O=C(COC(=O)c1n[nH]c(=O)c2ccccc12)Nc1ccc(F)c(F)c1. The summed E-state index contributed by atoms with van der Waals surface area (Å²) in [6.45, 7) is -0.674. The van der Waals surface area contributed by atoms with Crippen molar-refractivity contribution in [3.8, 4) is 0 Å². The number of hydrogen-bond donors (Lipinski definition) is 2. The predicted octanol–water partition coefficient (Wildman–Crippen LogP) is 2.00. The van der Waals surface area contributed by atoms with Crippen LogP contribution in [-0.2, 0) is 9.53 Å². The number of anilines is 1. The van der Waals surface area contributed by atoms with E-state index in [4.69, 9.17) is 4.74 Å². The first-order valence-electron chi connectivity index (χ1n) is 7.35. The van der Waals surface area contributed by atoms with E-state index in [-0.39, 0.29) is 22.2 Å². The third kappa shape index (κ3) is 3.56. The highest BCUT2D eigenvalue weighted by Gasteiger charge is 2.17. The molecule has 0 unspecified atom stereocenters. The van der Waals surface area contributed by atoms with Crippen molar-refractivity contribution in [2.75, 3.05) is 11.9 Å². The van der Waals surface area contributed by atoms with Crippen LogP contribution < -0.4 is 10.9 Å². The first-order chi connectivity index (χ1) is 12.5. The number of carbonyl (C=O) groups excluding carboxylic acids is 2. The van der Waals surface area contributed by atoms with Gasteiger partial charge in [0.2, 0.25) is 0 Å². The monoisotopic (exact) mass is 359 g/mol. The van der Waals surface area contributed by atoms with E-state index in [1.54, 1.807) is 12.1 Å². The van der Waals surface area contributed by atoms with Gasteiger partial charge in [0.25, 0.3) is 11.5 Å². The number of H-pyrrole nitrogens is 1. The second-order valence-electron chi connectivity index (χ2n) is 5.20. The molecule has 2 aromatic carbocycles. The molecule has 0 aliphatic rings. The molecule has 0 fully saturated rings. The Morgan fingerprint density at radius 2 is 1.81 bits per heavy atom. The summed E-state index contributed by atoms with van der Waals surface area (Å²) in [4.78, 5) is 35.6. The lowest BCUT2D eigenvalue weighted by atomic mass is 10.1. The highest BCUT2D eigenvalue weighted by atomic mass is 19.2. The largest absolute Gasteiger partial charge is 0.451 e. The summed E-state index contributed by atoms with van der Waals surface area (Å²) in [6, 6.07) is 9.10. The van der Waals surface area contributed by atoms with E-state index >= 15 is 0 Å². The zero-order valence-corrected chi connectivity index (χ0v) is 13.1. The Kier molecular flexibility index (Phi) is 4.70. The molecule has 0 spiro atoms. The zero-order valence-electron chi connectivity index (χ0n) is 13.1. The number of nitrogens with one attached hydrogen (secondary N) is 2. The lowest BCUT2D eigenvalue weighted by molar-refractivity contribution is -0.119. The van der Waals surface area contributed by atoms with Gasteiger partial charge in [-0.15, -0.1) is 0 Å². The highest BCUT2D eigenvalue weighted by Crippen LogP contribution is 2.14. The fraction of sp³-hybridized carbons (Fsp3) is 0.0588. The van der Waals surface area contributed by atoms with Crippen LogP contribution in [-0.4, -0.2) is 28.7 Å². The number of halogens is 2. The Bertz CT molecular complexity index is 1070. The number of fused-ring (bicyclic) bond motifs is 1. The average Bonchev–Trinajstić information content (AvgIpc) is 2.63. The van der Waals surface area contributed by atoms with Crippen molar-refractivity contribution in [1.29, 1.82) is 0 Å². The third-order valence-corrected chi connectivity index (χ3v) is 3.43. The molecule has 2 N–H and O–H groups in total. The molecule has 0 aliphatic heterocycles. The summed E-state index contributed by atoms with van der Waals surface area (Å²) >= 11 is 0. The molecule has 3 rings (SSSR count). The number of benzene rings is 2. The van der Waals surface area contributed by atoms with Crippen LogP contribution in [0.5, 0.6) is 0 Å². The van der Waals surface area contributed by atoms with Crippen LogP contribution in [0.2, 0.25) is 0 Å². The minimum atomic E-state index is -1.12. The molecule has 0 aliphatic carbocycles. The van der Waals surface area contributed by atoms with Gasteiger partial charge in [-0.1, -0.05) is 18.2 Å². The fourth-order valence-corrected chi connectivity index (χ4v) is 2.24. The van der Waals surface area contributed by atoms with Gasteiger partial charge in [-0.25, -0.2) is 18.7 Å². The summed E-state index contributed by atoms with van der Waals surface area (Å²) in [7, 11) is 0. The van der Waals surface area contributed by atoms with Crippen LogP contribution in [0.4, 0.5) is 14.5 Å². The Morgan fingerprint density at radius 3 is 2.54 bits per heavy atom. The minimum absolute atomic E-state index is 0.0116. The Hall–Kier alpha value is -3.62. The second kappa shape index (κ2) is 7.09. The maximum absolute atomic E-state index is 13.1. The highest BCUT2D eigenvalue weighted by molar-refractivity contribution is 6.03. The van der Waals surface area contributed by atoms with Gasteiger partial charge in [0.1, 0.15) is 0 Å². The standard InChI is InChI=1S/C17H11F2N3O4/c18-12-6-5-9(7-13(12)19)20-14(23)8-26-17(25)15-10-3-1-2-4-11(10)16(24)22-21-15/h1-7H,8H2,(H,20,23)(H,22,24). The number of rotatable bonds is 4. The van der Waals surface area contributed by atoms with Gasteiger partial charge in [0.05, 0.1) is 5.39 Å². The van der Waals surface area contributed by atoms with Gasteiger partial charge in [0.15, 0.2) is 23.9 Å². The molecule has 1 heterocycles.